The highest BCUT2D eigenvalue weighted by molar-refractivity contribution is 5.83. The molecule has 1 saturated heterocycles. The van der Waals surface area contributed by atoms with Crippen LogP contribution in [0, 0.1) is 0 Å². The van der Waals surface area contributed by atoms with Crippen LogP contribution in [0.15, 0.2) is 0 Å². The van der Waals surface area contributed by atoms with Crippen molar-refractivity contribution in [3.8, 4) is 0 Å². The Bertz CT molecular complexity index is 522. The van der Waals surface area contributed by atoms with Crippen LogP contribution in [0.2, 0.25) is 0 Å². The zero-order chi connectivity index (χ0) is 20.7. The zero-order valence-corrected chi connectivity index (χ0v) is 17.5. The van der Waals surface area contributed by atoms with E-state index in [4.69, 9.17) is 9.47 Å². The number of nitrogens with zero attached hydrogens (tertiary/aromatic N) is 1. The summed E-state index contributed by atoms with van der Waals surface area (Å²) in [6.07, 6.45) is 1.03. The highest BCUT2D eigenvalue weighted by Gasteiger charge is 2.30. The molecule has 1 aliphatic rings. The maximum atomic E-state index is 12.7. The van der Waals surface area contributed by atoms with Gasteiger partial charge < -0.3 is 25.0 Å². The summed E-state index contributed by atoms with van der Waals surface area (Å²) in [4.78, 5) is 38.0. The van der Waals surface area contributed by atoms with Gasteiger partial charge >= 0.3 is 12.2 Å². The number of rotatable bonds is 5. The van der Waals surface area contributed by atoms with Gasteiger partial charge in [-0.1, -0.05) is 0 Å². The second-order valence-electron chi connectivity index (χ2n) is 8.87. The van der Waals surface area contributed by atoms with Crippen molar-refractivity contribution in [2.24, 2.45) is 0 Å². The molecule has 1 fully saturated rings. The third kappa shape index (κ3) is 10.1. The minimum absolute atomic E-state index is 0.172. The molecule has 1 aliphatic heterocycles. The van der Waals surface area contributed by atoms with Crippen LogP contribution in [0.25, 0.3) is 0 Å². The topological polar surface area (TPSA) is 97.0 Å². The van der Waals surface area contributed by atoms with Crippen molar-refractivity contribution in [3.05, 3.63) is 0 Å². The maximum Gasteiger partial charge on any atom is 0.408 e. The molecule has 0 aromatic heterocycles. The molecule has 2 N–H and O–H groups in total. The van der Waals surface area contributed by atoms with Crippen LogP contribution in [0.5, 0.6) is 0 Å². The van der Waals surface area contributed by atoms with Gasteiger partial charge in [-0.25, -0.2) is 9.59 Å². The van der Waals surface area contributed by atoms with Gasteiger partial charge in [-0.2, -0.15) is 0 Å². The van der Waals surface area contributed by atoms with Crippen LogP contribution in [0.1, 0.15) is 67.2 Å². The fraction of sp³-hybridized carbons (Fsp3) is 0.842. The number of alkyl carbamates (subject to hydrolysis) is 2. The number of hydrogen-bond donors (Lipinski definition) is 2. The lowest BCUT2D eigenvalue weighted by molar-refractivity contribution is -0.139. The summed E-state index contributed by atoms with van der Waals surface area (Å²) in [5.74, 6) is -0.172. The first-order chi connectivity index (χ1) is 12.4. The Hall–Kier alpha value is -1.99. The van der Waals surface area contributed by atoms with E-state index in [1.807, 2.05) is 20.8 Å². The van der Waals surface area contributed by atoms with Crippen LogP contribution >= 0.6 is 0 Å². The van der Waals surface area contributed by atoms with Gasteiger partial charge in [-0.05, 0) is 67.2 Å². The number of nitrogens with one attached hydrogen (secondary N) is 2. The number of ether oxygens (including phenoxy) is 2. The average Bonchev–Trinajstić information content (AvgIpc) is 2.63. The Kier molecular flexibility index (Phi) is 8.37. The second-order valence-corrected chi connectivity index (χ2v) is 8.87. The first-order valence-electron chi connectivity index (χ1n) is 9.62. The molecule has 3 amide bonds. The van der Waals surface area contributed by atoms with E-state index in [2.05, 4.69) is 10.6 Å². The van der Waals surface area contributed by atoms with Gasteiger partial charge in [0.05, 0.1) is 0 Å². The van der Waals surface area contributed by atoms with Crippen LogP contribution < -0.4 is 10.6 Å². The summed E-state index contributed by atoms with van der Waals surface area (Å²) in [7, 11) is 0. The molecular weight excluding hydrogens is 350 g/mol. The molecule has 0 aliphatic carbocycles. The molecule has 8 nitrogen and oxygen atoms in total. The van der Waals surface area contributed by atoms with Gasteiger partial charge in [-0.15, -0.1) is 0 Å². The molecule has 156 valence electrons. The predicted octanol–water partition coefficient (Wildman–Crippen LogP) is 2.81. The summed E-state index contributed by atoms with van der Waals surface area (Å²) in [6.45, 7) is 12.5. The van der Waals surface area contributed by atoms with Crippen molar-refractivity contribution >= 4 is 18.1 Å². The van der Waals surface area contributed by atoms with E-state index >= 15 is 0 Å². The van der Waals surface area contributed by atoms with Crippen molar-refractivity contribution in [1.29, 1.82) is 0 Å². The minimum Gasteiger partial charge on any atom is -0.444 e. The van der Waals surface area contributed by atoms with Crippen LogP contribution in [0.4, 0.5) is 9.59 Å². The Balaban J connectivity index is 2.45. The average molecular weight is 386 g/mol. The Morgan fingerprint density at radius 2 is 1.78 bits per heavy atom. The van der Waals surface area contributed by atoms with Crippen molar-refractivity contribution in [2.45, 2.75) is 84.5 Å². The molecule has 0 unspecified atom stereocenters. The molecule has 0 aromatic rings. The highest BCUT2D eigenvalue weighted by Crippen LogP contribution is 2.16. The lowest BCUT2D eigenvalue weighted by Crippen LogP contribution is -2.46. The van der Waals surface area contributed by atoms with Crippen molar-refractivity contribution in [1.82, 2.24) is 15.5 Å². The molecule has 0 aromatic carbocycles. The first-order valence-corrected chi connectivity index (χ1v) is 9.62. The van der Waals surface area contributed by atoms with Gasteiger partial charge in [0.25, 0.3) is 5.91 Å². The van der Waals surface area contributed by atoms with E-state index in [0.29, 0.717) is 32.5 Å². The van der Waals surface area contributed by atoms with Crippen molar-refractivity contribution < 1.29 is 23.9 Å². The highest BCUT2D eigenvalue weighted by atomic mass is 16.6. The van der Waals surface area contributed by atoms with Crippen LogP contribution in [0.3, 0.4) is 0 Å². The standard InChI is InChI=1S/C19H35N3O5/c1-18(2,3)21-17(25)26-14-10-7-8-12-22(15(14)23)13-9-11-20-16(24)27-19(4,5)6/h14H,7-13H2,1-6H3,(H,20,24)(H,21,25)/t14-/m0/s1. The first kappa shape index (κ1) is 23.0. The fourth-order valence-corrected chi connectivity index (χ4v) is 2.64. The summed E-state index contributed by atoms with van der Waals surface area (Å²) in [5.41, 5.74) is -0.957. The fourth-order valence-electron chi connectivity index (χ4n) is 2.64. The summed E-state index contributed by atoms with van der Waals surface area (Å²) in [6, 6.07) is 0. The largest absolute Gasteiger partial charge is 0.444 e. The van der Waals surface area contributed by atoms with Gasteiger partial charge in [0, 0.05) is 25.2 Å². The second kappa shape index (κ2) is 9.80. The molecule has 0 saturated carbocycles. The van der Waals surface area contributed by atoms with E-state index in [1.54, 1.807) is 25.7 Å². The van der Waals surface area contributed by atoms with Gasteiger partial charge in [-0.3, -0.25) is 4.79 Å². The zero-order valence-electron chi connectivity index (χ0n) is 17.5. The van der Waals surface area contributed by atoms with Crippen LogP contribution in [-0.2, 0) is 14.3 Å². The van der Waals surface area contributed by atoms with Gasteiger partial charge in [0.15, 0.2) is 6.10 Å². The third-order valence-corrected chi connectivity index (χ3v) is 3.73. The Morgan fingerprint density at radius 1 is 1.11 bits per heavy atom. The van der Waals surface area contributed by atoms with Crippen molar-refractivity contribution in [3.63, 3.8) is 0 Å². The van der Waals surface area contributed by atoms with E-state index < -0.39 is 29.4 Å². The van der Waals surface area contributed by atoms with E-state index in [9.17, 15) is 14.4 Å². The summed E-state index contributed by atoms with van der Waals surface area (Å²) < 4.78 is 10.5. The number of carbonyl (C=O) groups is 3. The lowest BCUT2D eigenvalue weighted by Gasteiger charge is -2.26. The SMILES string of the molecule is CC(C)(C)NC(=O)O[C@H]1CCCCN(CCCNC(=O)OC(C)(C)C)C1=O. The number of hydrogen-bond acceptors (Lipinski definition) is 5. The normalized spacial score (nSPS) is 18.5. The lowest BCUT2D eigenvalue weighted by atomic mass is 10.1. The molecule has 0 bridgehead atoms. The van der Waals surface area contributed by atoms with E-state index in [0.717, 1.165) is 12.8 Å². The van der Waals surface area contributed by atoms with Gasteiger partial charge in [0.2, 0.25) is 0 Å². The molecular formula is C19H35N3O5. The van der Waals surface area contributed by atoms with E-state index in [1.165, 1.54) is 0 Å². The number of carbonyl (C=O) groups excluding carboxylic acids is 3. The van der Waals surface area contributed by atoms with E-state index in [-0.39, 0.29) is 5.91 Å². The quantitative estimate of drug-likeness (QED) is 0.709. The summed E-state index contributed by atoms with van der Waals surface area (Å²) >= 11 is 0. The number of likely N-dealkylation sites (tertiary alicyclic amines) is 1. The molecule has 1 rings (SSSR count). The monoisotopic (exact) mass is 385 g/mol. The molecule has 1 heterocycles. The molecule has 1 atom stereocenters. The predicted molar refractivity (Wildman–Crippen MR) is 102 cm³/mol. The van der Waals surface area contributed by atoms with Crippen LogP contribution in [-0.4, -0.2) is 59.9 Å². The maximum absolute atomic E-state index is 12.7. The number of amides is 3. The smallest absolute Gasteiger partial charge is 0.408 e. The molecule has 0 radical (unpaired) electrons. The Morgan fingerprint density at radius 3 is 2.37 bits per heavy atom. The minimum atomic E-state index is -0.756. The molecule has 27 heavy (non-hydrogen) atoms. The third-order valence-electron chi connectivity index (χ3n) is 3.73. The van der Waals surface area contributed by atoms with Crippen molar-refractivity contribution in [2.75, 3.05) is 19.6 Å². The summed E-state index contributed by atoms with van der Waals surface area (Å²) in [5, 5.41) is 5.40. The Labute approximate surface area is 162 Å². The van der Waals surface area contributed by atoms with Gasteiger partial charge in [0.1, 0.15) is 5.60 Å². The molecule has 0 spiro atoms. The molecule has 8 heteroatoms.